The number of hydrogen-bond acceptors (Lipinski definition) is 3. The van der Waals surface area contributed by atoms with Gasteiger partial charge >= 0.3 is 0 Å². The lowest BCUT2D eigenvalue weighted by atomic mass is 9.92. The van der Waals surface area contributed by atoms with E-state index >= 15 is 0 Å². The minimum absolute atomic E-state index is 0.415. The van der Waals surface area contributed by atoms with Crippen LogP contribution in [-0.4, -0.2) is 21.1 Å². The molecule has 0 radical (unpaired) electrons. The molecule has 1 unspecified atom stereocenters. The Kier molecular flexibility index (Phi) is 3.60. The van der Waals surface area contributed by atoms with Crippen molar-refractivity contribution in [3.63, 3.8) is 0 Å². The van der Waals surface area contributed by atoms with E-state index in [2.05, 4.69) is 25.9 Å². The fourth-order valence-electron chi connectivity index (χ4n) is 2.81. The maximum atomic E-state index is 4.55. The van der Waals surface area contributed by atoms with Crippen LogP contribution in [0.2, 0.25) is 0 Å². The molecule has 0 saturated heterocycles. The molecular weight excluding hydrogens is 236 g/mol. The van der Waals surface area contributed by atoms with Crippen molar-refractivity contribution in [3.8, 4) is 0 Å². The molecule has 0 fully saturated rings. The Hall–Kier alpha value is -1.68. The largest absolute Gasteiger partial charge is 0.338 e. The normalized spacial score (nSPS) is 18.3. The van der Waals surface area contributed by atoms with E-state index in [0.29, 0.717) is 6.04 Å². The van der Waals surface area contributed by atoms with Crippen molar-refractivity contribution in [1.29, 1.82) is 0 Å². The van der Waals surface area contributed by atoms with E-state index in [1.165, 1.54) is 36.2 Å². The summed E-state index contributed by atoms with van der Waals surface area (Å²) in [6.45, 7) is 0.972. The van der Waals surface area contributed by atoms with E-state index in [1.807, 2.05) is 31.8 Å². The van der Waals surface area contributed by atoms with Crippen molar-refractivity contribution in [2.75, 3.05) is 6.54 Å². The van der Waals surface area contributed by atoms with Crippen LogP contribution in [0.5, 0.6) is 0 Å². The number of aryl methyl sites for hydroxylation is 2. The first-order valence-corrected chi connectivity index (χ1v) is 6.97. The minimum Gasteiger partial charge on any atom is -0.338 e. The highest BCUT2D eigenvalue weighted by Crippen LogP contribution is 2.27. The van der Waals surface area contributed by atoms with E-state index in [-0.39, 0.29) is 0 Å². The van der Waals surface area contributed by atoms with Gasteiger partial charge in [0.25, 0.3) is 0 Å². The summed E-state index contributed by atoms with van der Waals surface area (Å²) in [7, 11) is 2.04. The van der Waals surface area contributed by atoms with Crippen LogP contribution < -0.4 is 5.32 Å². The molecule has 1 aliphatic carbocycles. The van der Waals surface area contributed by atoms with Gasteiger partial charge in [-0.15, -0.1) is 0 Å². The van der Waals surface area contributed by atoms with Crippen LogP contribution in [-0.2, 0) is 19.9 Å². The van der Waals surface area contributed by atoms with Crippen molar-refractivity contribution in [1.82, 2.24) is 19.9 Å². The predicted octanol–water partition coefficient (Wildman–Crippen LogP) is 2.02. The lowest BCUT2D eigenvalue weighted by Crippen LogP contribution is -2.28. The molecule has 0 aliphatic heterocycles. The zero-order chi connectivity index (χ0) is 13.1. The van der Waals surface area contributed by atoms with Crippen molar-refractivity contribution < 1.29 is 0 Å². The molecule has 100 valence electrons. The van der Waals surface area contributed by atoms with E-state index in [0.717, 1.165) is 13.0 Å². The van der Waals surface area contributed by atoms with Gasteiger partial charge in [0.2, 0.25) is 0 Å². The van der Waals surface area contributed by atoms with Gasteiger partial charge in [0.15, 0.2) is 0 Å². The number of pyridine rings is 1. The molecule has 0 aromatic carbocycles. The Labute approximate surface area is 113 Å². The zero-order valence-electron chi connectivity index (χ0n) is 11.3. The third-order valence-electron chi connectivity index (χ3n) is 3.88. The van der Waals surface area contributed by atoms with E-state index in [4.69, 9.17) is 0 Å². The second kappa shape index (κ2) is 5.53. The number of aromatic nitrogens is 3. The van der Waals surface area contributed by atoms with Crippen LogP contribution in [0.25, 0.3) is 0 Å². The first-order valence-electron chi connectivity index (χ1n) is 6.97. The van der Waals surface area contributed by atoms with Crippen molar-refractivity contribution in [2.45, 2.75) is 31.7 Å². The van der Waals surface area contributed by atoms with Crippen LogP contribution in [0.15, 0.2) is 30.9 Å². The Balaban J connectivity index is 1.61. The van der Waals surface area contributed by atoms with Gasteiger partial charge in [-0.25, -0.2) is 4.98 Å². The topological polar surface area (TPSA) is 42.7 Å². The molecule has 1 atom stereocenters. The molecule has 3 rings (SSSR count). The number of rotatable bonds is 4. The third-order valence-corrected chi connectivity index (χ3v) is 3.88. The molecule has 4 nitrogen and oxygen atoms in total. The average Bonchev–Trinajstić information content (AvgIpc) is 2.85. The van der Waals surface area contributed by atoms with Gasteiger partial charge in [0, 0.05) is 44.1 Å². The molecule has 4 heteroatoms. The highest BCUT2D eigenvalue weighted by molar-refractivity contribution is 5.25. The van der Waals surface area contributed by atoms with Crippen LogP contribution in [0.1, 0.15) is 35.8 Å². The maximum absolute atomic E-state index is 4.55. The summed E-state index contributed by atoms with van der Waals surface area (Å²) >= 11 is 0. The molecule has 2 aromatic heterocycles. The van der Waals surface area contributed by atoms with Crippen molar-refractivity contribution >= 4 is 0 Å². The summed E-state index contributed by atoms with van der Waals surface area (Å²) in [5, 5.41) is 3.64. The quantitative estimate of drug-likeness (QED) is 0.910. The first kappa shape index (κ1) is 12.4. The molecule has 2 heterocycles. The molecule has 0 amide bonds. The van der Waals surface area contributed by atoms with E-state index < -0.39 is 0 Å². The van der Waals surface area contributed by atoms with Gasteiger partial charge in [-0.2, -0.15) is 0 Å². The van der Waals surface area contributed by atoms with E-state index in [9.17, 15) is 0 Å². The zero-order valence-corrected chi connectivity index (χ0v) is 11.3. The second-order valence-corrected chi connectivity index (χ2v) is 5.19. The number of hydrogen-bond donors (Lipinski definition) is 1. The monoisotopic (exact) mass is 256 g/mol. The Morgan fingerprint density at radius 1 is 1.47 bits per heavy atom. The smallest absolute Gasteiger partial charge is 0.0945 e. The van der Waals surface area contributed by atoms with Gasteiger partial charge in [-0.3, -0.25) is 4.98 Å². The standard InChI is InChI=1S/C15H20N4/c1-19-11-16-10-13(19)7-9-17-14-6-2-4-12-5-3-8-18-15(12)14/h3,5,8,10-11,14,17H,2,4,6-7,9H2,1H3. The highest BCUT2D eigenvalue weighted by atomic mass is 15.0. The summed E-state index contributed by atoms with van der Waals surface area (Å²) in [6.07, 6.45) is 10.3. The highest BCUT2D eigenvalue weighted by Gasteiger charge is 2.20. The summed E-state index contributed by atoms with van der Waals surface area (Å²) in [5.74, 6) is 0. The van der Waals surface area contributed by atoms with E-state index in [1.54, 1.807) is 0 Å². The Morgan fingerprint density at radius 3 is 3.26 bits per heavy atom. The first-order chi connectivity index (χ1) is 9.34. The van der Waals surface area contributed by atoms with Gasteiger partial charge < -0.3 is 9.88 Å². The molecule has 0 saturated carbocycles. The number of fused-ring (bicyclic) bond motifs is 1. The SMILES string of the molecule is Cn1cncc1CCNC1CCCc2cccnc21. The van der Waals surface area contributed by atoms with Crippen LogP contribution >= 0.6 is 0 Å². The second-order valence-electron chi connectivity index (χ2n) is 5.19. The minimum atomic E-state index is 0.415. The average molecular weight is 256 g/mol. The number of nitrogens with zero attached hydrogens (tertiary/aromatic N) is 3. The Bertz CT molecular complexity index is 547. The lowest BCUT2D eigenvalue weighted by molar-refractivity contribution is 0.449. The van der Waals surface area contributed by atoms with Crippen LogP contribution in [0.3, 0.4) is 0 Å². The Morgan fingerprint density at radius 2 is 2.42 bits per heavy atom. The third kappa shape index (κ3) is 2.68. The van der Waals surface area contributed by atoms with Crippen molar-refractivity contribution in [3.05, 3.63) is 47.8 Å². The molecule has 0 spiro atoms. The predicted molar refractivity (Wildman–Crippen MR) is 74.8 cm³/mol. The molecule has 2 aromatic rings. The fraction of sp³-hybridized carbons (Fsp3) is 0.467. The van der Waals surface area contributed by atoms with Gasteiger partial charge in [0.1, 0.15) is 0 Å². The molecule has 19 heavy (non-hydrogen) atoms. The van der Waals surface area contributed by atoms with Gasteiger partial charge in [0.05, 0.1) is 12.0 Å². The maximum Gasteiger partial charge on any atom is 0.0945 e. The summed E-state index contributed by atoms with van der Waals surface area (Å²) in [6, 6.07) is 4.66. The lowest BCUT2D eigenvalue weighted by Gasteiger charge is -2.25. The molecule has 0 bridgehead atoms. The van der Waals surface area contributed by atoms with Crippen LogP contribution in [0, 0.1) is 0 Å². The molecule has 1 N–H and O–H groups in total. The van der Waals surface area contributed by atoms with Crippen LogP contribution in [0.4, 0.5) is 0 Å². The fourth-order valence-corrected chi connectivity index (χ4v) is 2.81. The van der Waals surface area contributed by atoms with Gasteiger partial charge in [-0.1, -0.05) is 6.07 Å². The summed E-state index contributed by atoms with van der Waals surface area (Å²) in [4.78, 5) is 8.70. The number of imidazole rings is 1. The summed E-state index contributed by atoms with van der Waals surface area (Å²) in [5.41, 5.74) is 3.93. The molecule has 1 aliphatic rings. The molecular formula is C15H20N4. The summed E-state index contributed by atoms with van der Waals surface area (Å²) < 4.78 is 2.08. The van der Waals surface area contributed by atoms with Crippen molar-refractivity contribution in [2.24, 2.45) is 7.05 Å². The van der Waals surface area contributed by atoms with Gasteiger partial charge in [-0.05, 0) is 30.9 Å². The number of nitrogens with one attached hydrogen (secondary N) is 1.